The van der Waals surface area contributed by atoms with Crippen LogP contribution >= 0.6 is 0 Å². The summed E-state index contributed by atoms with van der Waals surface area (Å²) in [5.41, 5.74) is 2.84. The van der Waals surface area contributed by atoms with Gasteiger partial charge in [-0.25, -0.2) is 0 Å². The number of hydrogen-bond donors (Lipinski definition) is 1. The van der Waals surface area contributed by atoms with E-state index in [-0.39, 0.29) is 11.8 Å². The van der Waals surface area contributed by atoms with Gasteiger partial charge in [-0.05, 0) is 44.5 Å². The summed E-state index contributed by atoms with van der Waals surface area (Å²) in [6.07, 6.45) is 1.82. The van der Waals surface area contributed by atoms with Crippen molar-refractivity contribution in [3.05, 3.63) is 60.0 Å². The summed E-state index contributed by atoms with van der Waals surface area (Å²) in [5, 5.41) is 7.12. The Morgan fingerprint density at radius 1 is 1.27 bits per heavy atom. The van der Waals surface area contributed by atoms with Gasteiger partial charge in [0.05, 0.1) is 19.6 Å². The van der Waals surface area contributed by atoms with Gasteiger partial charge >= 0.3 is 0 Å². The number of rotatable bonds is 6. The normalized spacial score (nSPS) is 16.9. The summed E-state index contributed by atoms with van der Waals surface area (Å²) in [6.45, 7) is 4.15. The number of piperidine rings is 1. The molecule has 3 aromatic rings. The lowest BCUT2D eigenvalue weighted by molar-refractivity contribution is -0.121. The molecule has 1 atom stereocenters. The third-order valence-corrected chi connectivity index (χ3v) is 5.32. The van der Waals surface area contributed by atoms with E-state index in [4.69, 9.17) is 9.26 Å². The summed E-state index contributed by atoms with van der Waals surface area (Å²) in [7, 11) is 1.61. The monoisotopic (exact) mass is 406 g/mol. The van der Waals surface area contributed by atoms with E-state index in [9.17, 15) is 4.79 Å². The van der Waals surface area contributed by atoms with Crippen LogP contribution in [0.25, 0.3) is 11.4 Å². The lowest BCUT2D eigenvalue weighted by Crippen LogP contribution is -2.40. The zero-order valence-electron chi connectivity index (χ0n) is 17.3. The quantitative estimate of drug-likeness (QED) is 0.669. The minimum atomic E-state index is -0.0795. The van der Waals surface area contributed by atoms with Gasteiger partial charge in [0, 0.05) is 23.9 Å². The number of aromatic nitrogens is 2. The van der Waals surface area contributed by atoms with Crippen LogP contribution in [0.15, 0.2) is 53.1 Å². The summed E-state index contributed by atoms with van der Waals surface area (Å²) >= 11 is 0. The molecule has 1 aromatic heterocycles. The maximum absolute atomic E-state index is 12.8. The molecule has 4 rings (SSSR count). The van der Waals surface area contributed by atoms with Crippen LogP contribution in [-0.2, 0) is 11.3 Å². The van der Waals surface area contributed by atoms with Gasteiger partial charge < -0.3 is 14.6 Å². The van der Waals surface area contributed by atoms with Gasteiger partial charge in [0.15, 0.2) is 0 Å². The van der Waals surface area contributed by atoms with Gasteiger partial charge in [-0.2, -0.15) is 4.98 Å². The van der Waals surface area contributed by atoms with Gasteiger partial charge in [-0.1, -0.05) is 35.0 Å². The maximum Gasteiger partial charge on any atom is 0.241 e. The number of methoxy groups -OCH3 is 1. The lowest BCUT2D eigenvalue weighted by atomic mass is 9.97. The molecule has 0 bridgehead atoms. The van der Waals surface area contributed by atoms with E-state index in [2.05, 4.69) is 20.4 Å². The largest absolute Gasteiger partial charge is 0.497 e. The molecule has 0 saturated carbocycles. The second-order valence-corrected chi connectivity index (χ2v) is 7.68. The molecule has 1 aliphatic rings. The zero-order chi connectivity index (χ0) is 20.9. The van der Waals surface area contributed by atoms with Crippen LogP contribution in [0.5, 0.6) is 5.75 Å². The highest BCUT2D eigenvalue weighted by Crippen LogP contribution is 2.23. The predicted molar refractivity (Wildman–Crippen MR) is 114 cm³/mol. The number of carbonyl (C=O) groups excluding carboxylic acids is 1. The molecule has 7 heteroatoms. The Morgan fingerprint density at radius 2 is 2.13 bits per heavy atom. The second-order valence-electron chi connectivity index (χ2n) is 7.68. The SMILES string of the molecule is COc1cccc(NC(=O)C2CCCN(Cc3nc(-c4cccc(C)c4)no3)C2)c1. The molecule has 7 nitrogen and oxygen atoms in total. The molecular weight excluding hydrogens is 380 g/mol. The van der Waals surface area contributed by atoms with Gasteiger partial charge in [-0.3, -0.25) is 9.69 Å². The second kappa shape index (κ2) is 9.09. The molecule has 0 radical (unpaired) electrons. The van der Waals surface area contributed by atoms with Crippen molar-refractivity contribution in [2.75, 3.05) is 25.5 Å². The molecule has 1 unspecified atom stereocenters. The van der Waals surface area contributed by atoms with Gasteiger partial charge in [0.1, 0.15) is 5.75 Å². The fraction of sp³-hybridized carbons (Fsp3) is 0.348. The third-order valence-electron chi connectivity index (χ3n) is 5.32. The van der Waals surface area contributed by atoms with Crippen LogP contribution in [0.4, 0.5) is 5.69 Å². The summed E-state index contributed by atoms with van der Waals surface area (Å²) in [6, 6.07) is 15.4. The number of anilines is 1. The zero-order valence-corrected chi connectivity index (χ0v) is 17.3. The van der Waals surface area contributed by atoms with E-state index < -0.39 is 0 Å². The Morgan fingerprint density at radius 3 is 2.97 bits per heavy atom. The van der Waals surface area contributed by atoms with Crippen molar-refractivity contribution in [3.63, 3.8) is 0 Å². The minimum absolute atomic E-state index is 0.0268. The van der Waals surface area contributed by atoms with Gasteiger partial charge in [0.2, 0.25) is 17.6 Å². The van der Waals surface area contributed by atoms with Crippen LogP contribution in [0.2, 0.25) is 0 Å². The van der Waals surface area contributed by atoms with E-state index in [1.807, 2.05) is 55.5 Å². The molecule has 30 heavy (non-hydrogen) atoms. The summed E-state index contributed by atoms with van der Waals surface area (Å²) in [4.78, 5) is 19.5. The van der Waals surface area contributed by atoms with Crippen LogP contribution in [0.3, 0.4) is 0 Å². The fourth-order valence-corrected chi connectivity index (χ4v) is 3.77. The van der Waals surface area contributed by atoms with Gasteiger partial charge in [-0.15, -0.1) is 0 Å². The van der Waals surface area contributed by atoms with Crippen molar-refractivity contribution < 1.29 is 14.1 Å². The lowest BCUT2D eigenvalue weighted by Gasteiger charge is -2.30. The number of benzene rings is 2. The molecule has 1 aliphatic heterocycles. The van der Waals surface area contributed by atoms with Crippen molar-refractivity contribution >= 4 is 11.6 Å². The Labute approximate surface area is 176 Å². The molecular formula is C23H26N4O3. The number of nitrogens with one attached hydrogen (secondary N) is 1. The molecule has 1 N–H and O–H groups in total. The van der Waals surface area contributed by atoms with Crippen molar-refractivity contribution in [3.8, 4) is 17.1 Å². The fourth-order valence-electron chi connectivity index (χ4n) is 3.77. The average molecular weight is 406 g/mol. The minimum Gasteiger partial charge on any atom is -0.497 e. The first-order valence-electron chi connectivity index (χ1n) is 10.2. The molecule has 2 aromatic carbocycles. The van der Waals surface area contributed by atoms with Crippen molar-refractivity contribution in [2.45, 2.75) is 26.3 Å². The highest BCUT2D eigenvalue weighted by Gasteiger charge is 2.27. The molecule has 0 aliphatic carbocycles. The van der Waals surface area contributed by atoms with E-state index in [0.717, 1.165) is 42.0 Å². The Hall–Kier alpha value is -3.19. The molecule has 1 amide bonds. The highest BCUT2D eigenvalue weighted by molar-refractivity contribution is 5.92. The number of carbonyl (C=O) groups is 1. The van der Waals surface area contributed by atoms with E-state index in [1.165, 1.54) is 0 Å². The van der Waals surface area contributed by atoms with Gasteiger partial charge in [0.25, 0.3) is 0 Å². The van der Waals surface area contributed by atoms with Crippen molar-refractivity contribution in [1.29, 1.82) is 0 Å². The number of hydrogen-bond acceptors (Lipinski definition) is 6. The predicted octanol–water partition coefficient (Wildman–Crippen LogP) is 3.90. The number of amides is 1. The maximum atomic E-state index is 12.8. The number of ether oxygens (including phenoxy) is 1. The van der Waals surface area contributed by atoms with Crippen LogP contribution in [-0.4, -0.2) is 41.1 Å². The summed E-state index contributed by atoms with van der Waals surface area (Å²) < 4.78 is 10.7. The van der Waals surface area contributed by atoms with E-state index in [0.29, 0.717) is 24.8 Å². The standard InChI is InChI=1S/C23H26N4O3/c1-16-6-3-7-17(12-16)22-25-21(30-26-22)15-27-11-5-8-18(14-27)23(28)24-19-9-4-10-20(13-19)29-2/h3-4,6-7,9-10,12-13,18H,5,8,11,14-15H2,1-2H3,(H,24,28). The van der Waals surface area contributed by atoms with Crippen LogP contribution in [0, 0.1) is 12.8 Å². The number of likely N-dealkylation sites (tertiary alicyclic amines) is 1. The Balaban J connectivity index is 1.36. The van der Waals surface area contributed by atoms with Crippen molar-refractivity contribution in [2.24, 2.45) is 5.92 Å². The highest BCUT2D eigenvalue weighted by atomic mass is 16.5. The molecule has 1 fully saturated rings. The topological polar surface area (TPSA) is 80.5 Å². The van der Waals surface area contributed by atoms with E-state index >= 15 is 0 Å². The first-order chi connectivity index (χ1) is 14.6. The summed E-state index contributed by atoms with van der Waals surface area (Å²) in [5.74, 6) is 1.83. The molecule has 156 valence electrons. The van der Waals surface area contributed by atoms with Crippen LogP contribution < -0.4 is 10.1 Å². The van der Waals surface area contributed by atoms with E-state index in [1.54, 1.807) is 7.11 Å². The van der Waals surface area contributed by atoms with Crippen LogP contribution in [0.1, 0.15) is 24.3 Å². The molecule has 1 saturated heterocycles. The first-order valence-corrected chi connectivity index (χ1v) is 10.2. The smallest absolute Gasteiger partial charge is 0.241 e. The molecule has 0 spiro atoms. The third kappa shape index (κ3) is 4.86. The van der Waals surface area contributed by atoms with Crippen molar-refractivity contribution in [1.82, 2.24) is 15.0 Å². The Kier molecular flexibility index (Phi) is 6.09. The number of nitrogens with zero attached hydrogens (tertiary/aromatic N) is 3. The number of aryl methyl sites for hydroxylation is 1. The first kappa shape index (κ1) is 20.1. The Bertz CT molecular complexity index is 1020. The average Bonchev–Trinajstić information content (AvgIpc) is 3.22. The molecule has 2 heterocycles.